The van der Waals surface area contributed by atoms with Crippen LogP contribution in [0.5, 0.6) is 5.75 Å². The Kier molecular flexibility index (Phi) is 7.47. The maximum Gasteiger partial charge on any atom is 0.241 e. The molecule has 0 spiro atoms. The standard InChI is InChI=1S/C20H25BrN2O2/c1-4-25-19-8-6-5-7-18(19)22-20(24)15(2)23(3)14-13-16-9-11-17(21)12-10-16/h5-12,15H,4,13-14H2,1-3H3,(H,22,24). The zero-order valence-electron chi connectivity index (χ0n) is 15.0. The molecule has 2 aromatic carbocycles. The average Bonchev–Trinajstić information content (AvgIpc) is 2.62. The summed E-state index contributed by atoms with van der Waals surface area (Å²) < 4.78 is 6.64. The number of hydrogen-bond acceptors (Lipinski definition) is 3. The minimum Gasteiger partial charge on any atom is -0.492 e. The summed E-state index contributed by atoms with van der Waals surface area (Å²) in [5.41, 5.74) is 1.96. The van der Waals surface area contributed by atoms with Crippen molar-refractivity contribution in [3.63, 3.8) is 0 Å². The Hall–Kier alpha value is -1.85. The van der Waals surface area contributed by atoms with Crippen LogP contribution in [0.15, 0.2) is 53.0 Å². The van der Waals surface area contributed by atoms with Gasteiger partial charge in [-0.1, -0.05) is 40.2 Å². The quantitative estimate of drug-likeness (QED) is 0.710. The lowest BCUT2D eigenvalue weighted by molar-refractivity contribution is -0.120. The molecule has 2 rings (SSSR count). The van der Waals surface area contributed by atoms with E-state index >= 15 is 0 Å². The fourth-order valence-electron chi connectivity index (χ4n) is 2.44. The number of para-hydroxylation sites is 2. The molecular formula is C20H25BrN2O2. The van der Waals surface area contributed by atoms with Crippen LogP contribution in [0, 0.1) is 0 Å². The van der Waals surface area contributed by atoms with Gasteiger partial charge in [0.05, 0.1) is 18.3 Å². The highest BCUT2D eigenvalue weighted by Crippen LogP contribution is 2.24. The lowest BCUT2D eigenvalue weighted by Gasteiger charge is -2.24. The smallest absolute Gasteiger partial charge is 0.241 e. The van der Waals surface area contributed by atoms with Crippen molar-refractivity contribution in [1.82, 2.24) is 4.90 Å². The van der Waals surface area contributed by atoms with Gasteiger partial charge in [0.15, 0.2) is 0 Å². The molecule has 0 aromatic heterocycles. The SMILES string of the molecule is CCOc1ccccc1NC(=O)C(C)N(C)CCc1ccc(Br)cc1. The minimum atomic E-state index is -0.231. The average molecular weight is 405 g/mol. The summed E-state index contributed by atoms with van der Waals surface area (Å²) in [6, 6.07) is 15.5. The normalized spacial score (nSPS) is 12.0. The van der Waals surface area contributed by atoms with Crippen LogP contribution < -0.4 is 10.1 Å². The summed E-state index contributed by atoms with van der Waals surface area (Å²) in [6.07, 6.45) is 0.900. The first kappa shape index (κ1) is 19.5. The zero-order chi connectivity index (χ0) is 18.2. The van der Waals surface area contributed by atoms with Gasteiger partial charge in [0.25, 0.3) is 0 Å². The molecule has 0 bridgehead atoms. The highest BCUT2D eigenvalue weighted by Gasteiger charge is 2.19. The molecule has 4 nitrogen and oxygen atoms in total. The van der Waals surface area contributed by atoms with Crippen LogP contribution >= 0.6 is 15.9 Å². The van der Waals surface area contributed by atoms with Gasteiger partial charge >= 0.3 is 0 Å². The van der Waals surface area contributed by atoms with Gasteiger partial charge in [-0.15, -0.1) is 0 Å². The van der Waals surface area contributed by atoms with E-state index in [0.717, 1.165) is 17.4 Å². The van der Waals surface area contributed by atoms with E-state index in [1.807, 2.05) is 57.3 Å². The van der Waals surface area contributed by atoms with Gasteiger partial charge in [0, 0.05) is 11.0 Å². The Bertz CT molecular complexity index is 688. The maximum absolute atomic E-state index is 12.6. The topological polar surface area (TPSA) is 41.6 Å². The number of nitrogens with zero attached hydrogens (tertiary/aromatic N) is 1. The highest BCUT2D eigenvalue weighted by atomic mass is 79.9. The fourth-order valence-corrected chi connectivity index (χ4v) is 2.70. The van der Waals surface area contributed by atoms with Gasteiger partial charge < -0.3 is 10.1 Å². The van der Waals surface area contributed by atoms with Crippen molar-refractivity contribution in [3.8, 4) is 5.75 Å². The lowest BCUT2D eigenvalue weighted by Crippen LogP contribution is -2.40. The molecule has 0 heterocycles. The number of benzene rings is 2. The Morgan fingerprint density at radius 3 is 2.56 bits per heavy atom. The van der Waals surface area contributed by atoms with Crippen molar-refractivity contribution in [1.29, 1.82) is 0 Å². The summed E-state index contributed by atoms with van der Waals surface area (Å²) in [4.78, 5) is 14.6. The molecule has 0 aliphatic heterocycles. The number of likely N-dealkylation sites (N-methyl/N-ethyl adjacent to an activating group) is 1. The third-order valence-corrected chi connectivity index (χ3v) is 4.68. The van der Waals surface area contributed by atoms with Crippen LogP contribution in [0.4, 0.5) is 5.69 Å². The van der Waals surface area contributed by atoms with Gasteiger partial charge in [0.2, 0.25) is 5.91 Å². The van der Waals surface area contributed by atoms with E-state index in [9.17, 15) is 4.79 Å². The number of nitrogens with one attached hydrogen (secondary N) is 1. The molecule has 0 saturated heterocycles. The van der Waals surface area contributed by atoms with Crippen LogP contribution in [0.25, 0.3) is 0 Å². The Labute approximate surface area is 158 Å². The monoisotopic (exact) mass is 404 g/mol. The van der Waals surface area contributed by atoms with Gasteiger partial charge in [-0.05, 0) is 57.1 Å². The number of halogens is 1. The van der Waals surface area contributed by atoms with Gasteiger partial charge in [-0.25, -0.2) is 0 Å². The third-order valence-electron chi connectivity index (χ3n) is 4.15. The molecule has 1 N–H and O–H groups in total. The first-order chi connectivity index (χ1) is 12.0. The molecule has 134 valence electrons. The first-order valence-corrected chi connectivity index (χ1v) is 9.28. The van der Waals surface area contributed by atoms with Crippen LogP contribution in [0.2, 0.25) is 0 Å². The van der Waals surface area contributed by atoms with Crippen LogP contribution in [-0.2, 0) is 11.2 Å². The van der Waals surface area contributed by atoms with Crippen LogP contribution in [0.3, 0.4) is 0 Å². The van der Waals surface area contributed by atoms with E-state index < -0.39 is 0 Å². The minimum absolute atomic E-state index is 0.0366. The van der Waals surface area contributed by atoms with Crippen LogP contribution in [0.1, 0.15) is 19.4 Å². The second-order valence-electron chi connectivity index (χ2n) is 5.95. The number of carbonyl (C=O) groups excluding carboxylic acids is 1. The number of hydrogen-bond donors (Lipinski definition) is 1. The summed E-state index contributed by atoms with van der Waals surface area (Å²) >= 11 is 3.44. The largest absolute Gasteiger partial charge is 0.492 e. The summed E-state index contributed by atoms with van der Waals surface area (Å²) in [6.45, 7) is 5.22. The van der Waals surface area contributed by atoms with E-state index in [1.165, 1.54) is 5.56 Å². The summed E-state index contributed by atoms with van der Waals surface area (Å²) in [5.74, 6) is 0.661. The molecule has 1 atom stereocenters. The molecule has 25 heavy (non-hydrogen) atoms. The number of carbonyl (C=O) groups is 1. The van der Waals surface area contributed by atoms with E-state index in [4.69, 9.17) is 4.74 Å². The molecular weight excluding hydrogens is 380 g/mol. The summed E-state index contributed by atoms with van der Waals surface area (Å²) in [7, 11) is 1.97. The van der Waals surface area contributed by atoms with Crippen molar-refractivity contribution < 1.29 is 9.53 Å². The van der Waals surface area contributed by atoms with Crippen molar-refractivity contribution >= 4 is 27.5 Å². The molecule has 0 aliphatic rings. The number of amides is 1. The predicted octanol–water partition coefficient (Wildman–Crippen LogP) is 4.35. The third kappa shape index (κ3) is 5.87. The van der Waals surface area contributed by atoms with E-state index in [1.54, 1.807) is 0 Å². The van der Waals surface area contributed by atoms with Gasteiger partial charge in [-0.2, -0.15) is 0 Å². The molecule has 1 unspecified atom stereocenters. The van der Waals surface area contributed by atoms with Crippen molar-refractivity contribution in [2.75, 3.05) is 25.5 Å². The zero-order valence-corrected chi connectivity index (χ0v) is 16.5. The van der Waals surface area contributed by atoms with Crippen molar-refractivity contribution in [2.24, 2.45) is 0 Å². The van der Waals surface area contributed by atoms with Crippen molar-refractivity contribution in [3.05, 3.63) is 58.6 Å². The molecule has 5 heteroatoms. The lowest BCUT2D eigenvalue weighted by atomic mass is 10.1. The number of anilines is 1. The Balaban J connectivity index is 1.91. The fraction of sp³-hybridized carbons (Fsp3) is 0.350. The second-order valence-corrected chi connectivity index (χ2v) is 6.87. The van der Waals surface area contributed by atoms with Crippen LogP contribution in [-0.4, -0.2) is 37.0 Å². The molecule has 0 aliphatic carbocycles. The maximum atomic E-state index is 12.6. The van der Waals surface area contributed by atoms with E-state index in [2.05, 4.69) is 38.3 Å². The first-order valence-electron chi connectivity index (χ1n) is 8.48. The van der Waals surface area contributed by atoms with Crippen molar-refractivity contribution in [2.45, 2.75) is 26.3 Å². The molecule has 0 fully saturated rings. The molecule has 0 radical (unpaired) electrons. The molecule has 0 saturated carbocycles. The van der Waals surface area contributed by atoms with E-state index in [0.29, 0.717) is 18.0 Å². The Morgan fingerprint density at radius 1 is 1.20 bits per heavy atom. The Morgan fingerprint density at radius 2 is 1.88 bits per heavy atom. The molecule has 1 amide bonds. The second kappa shape index (κ2) is 9.59. The van der Waals surface area contributed by atoms with E-state index in [-0.39, 0.29) is 11.9 Å². The highest BCUT2D eigenvalue weighted by molar-refractivity contribution is 9.10. The summed E-state index contributed by atoms with van der Waals surface area (Å²) in [5, 5.41) is 2.97. The predicted molar refractivity (Wildman–Crippen MR) is 106 cm³/mol. The molecule has 2 aromatic rings. The van der Waals surface area contributed by atoms with Gasteiger partial charge in [-0.3, -0.25) is 9.69 Å². The number of rotatable bonds is 8. The van der Waals surface area contributed by atoms with Gasteiger partial charge in [0.1, 0.15) is 5.75 Å². The number of ether oxygens (including phenoxy) is 1.